The molecule has 1 aromatic heterocycles. The summed E-state index contributed by atoms with van der Waals surface area (Å²) < 4.78 is 0. The molecule has 3 aliphatic rings. The smallest absolute Gasteiger partial charge is 0.230 e. The second kappa shape index (κ2) is 10.6. The number of nitrogens with zero attached hydrogens (tertiary/aromatic N) is 2. The number of nitrogens with two attached hydrogens (primary N) is 1. The third-order valence-corrected chi connectivity index (χ3v) is 9.93. The predicted molar refractivity (Wildman–Crippen MR) is 160 cm³/mol. The number of carbonyl (C=O) groups excluding carboxylic acids is 3. The number of phenols is 1. The molecule has 6 rings (SSSR count). The second-order valence-corrected chi connectivity index (χ2v) is 12.5. The van der Waals surface area contributed by atoms with E-state index in [9.17, 15) is 34.8 Å². The molecule has 0 aliphatic heterocycles. The van der Waals surface area contributed by atoms with Gasteiger partial charge in [0, 0.05) is 34.4 Å². The summed E-state index contributed by atoms with van der Waals surface area (Å²) in [5.41, 5.74) is 7.72. The Morgan fingerprint density at radius 2 is 1.74 bits per heavy atom. The van der Waals surface area contributed by atoms with Crippen LogP contribution in [0.25, 0.3) is 17.0 Å². The molecule has 7 N–H and O–H groups in total. The van der Waals surface area contributed by atoms with E-state index in [2.05, 4.69) is 10.3 Å². The van der Waals surface area contributed by atoms with Crippen molar-refractivity contribution in [2.24, 2.45) is 29.4 Å². The first-order valence-electron chi connectivity index (χ1n) is 13.9. The van der Waals surface area contributed by atoms with Gasteiger partial charge in [-0.3, -0.25) is 14.4 Å². The summed E-state index contributed by atoms with van der Waals surface area (Å²) >= 11 is 1.33. The van der Waals surface area contributed by atoms with Crippen LogP contribution in [-0.4, -0.2) is 80.1 Å². The maximum Gasteiger partial charge on any atom is 0.230 e. The fourth-order valence-electron chi connectivity index (χ4n) is 7.25. The Hall–Kier alpha value is -4.10. The van der Waals surface area contributed by atoms with Gasteiger partial charge in [0.1, 0.15) is 17.4 Å². The molecule has 3 aromatic rings. The molecular weight excluding hydrogens is 572 g/mol. The molecule has 1 heterocycles. The lowest BCUT2D eigenvalue weighted by Gasteiger charge is -2.53. The normalized spacial score (nSPS) is 30.1. The van der Waals surface area contributed by atoms with Crippen molar-refractivity contribution < 1.29 is 34.8 Å². The number of aromatic hydroxyl groups is 1. The molecule has 0 bridgehead atoms. The average molecular weight is 605 g/mol. The van der Waals surface area contributed by atoms with E-state index >= 15 is 0 Å². The van der Waals surface area contributed by atoms with Gasteiger partial charge in [0.2, 0.25) is 5.91 Å². The highest BCUT2D eigenvalue weighted by Crippen LogP contribution is 2.55. The van der Waals surface area contributed by atoms with Crippen LogP contribution in [0.2, 0.25) is 0 Å². The summed E-state index contributed by atoms with van der Waals surface area (Å²) in [6.45, 7) is 1.77. The first-order valence-corrected chi connectivity index (χ1v) is 14.8. The van der Waals surface area contributed by atoms with Crippen molar-refractivity contribution in [2.45, 2.75) is 31.1 Å². The number of Topliss-reactive ketones (excluding diaryl/α,β-unsaturated/α-hetero) is 2. The van der Waals surface area contributed by atoms with Gasteiger partial charge in [-0.2, -0.15) is 0 Å². The Kier molecular flexibility index (Phi) is 7.12. The van der Waals surface area contributed by atoms with Crippen molar-refractivity contribution >= 4 is 45.4 Å². The molecule has 3 aliphatic carbocycles. The SMILES string of the molecule is C[C@H]1c2ccc(Nc3nc(-c4ccccc4)cs3)c(O)c2C(O)=C2C(=O)C3C(=O)C(C(N)=O)C(O)[C@@H](N(C)C)C3[C@@H](O)C21. The molecule has 2 saturated carbocycles. The Morgan fingerprint density at radius 3 is 2.40 bits per heavy atom. The van der Waals surface area contributed by atoms with Crippen LogP contribution in [0.3, 0.4) is 0 Å². The zero-order valence-electron chi connectivity index (χ0n) is 23.6. The number of hydrogen-bond donors (Lipinski definition) is 6. The number of ketones is 2. The third-order valence-electron chi connectivity index (χ3n) is 9.18. The van der Waals surface area contributed by atoms with Crippen LogP contribution in [0.4, 0.5) is 10.8 Å². The zero-order chi connectivity index (χ0) is 30.9. The molecule has 0 radical (unpaired) electrons. The number of primary amides is 1. The minimum absolute atomic E-state index is 0.0153. The fourth-order valence-corrected chi connectivity index (χ4v) is 7.98. The predicted octanol–water partition coefficient (Wildman–Crippen LogP) is 2.41. The summed E-state index contributed by atoms with van der Waals surface area (Å²) in [4.78, 5) is 46.0. The van der Waals surface area contributed by atoms with Crippen LogP contribution < -0.4 is 11.1 Å². The Morgan fingerprint density at radius 1 is 1.05 bits per heavy atom. The first kappa shape index (κ1) is 29.0. The highest BCUT2D eigenvalue weighted by molar-refractivity contribution is 7.14. The number of aliphatic hydroxyl groups excluding tert-OH is 3. The second-order valence-electron chi connectivity index (χ2n) is 11.7. The summed E-state index contributed by atoms with van der Waals surface area (Å²) in [7, 11) is 3.24. The van der Waals surface area contributed by atoms with Gasteiger partial charge in [-0.15, -0.1) is 11.3 Å². The molecule has 43 heavy (non-hydrogen) atoms. The van der Waals surface area contributed by atoms with Crippen molar-refractivity contribution in [2.75, 3.05) is 19.4 Å². The van der Waals surface area contributed by atoms with Crippen molar-refractivity contribution in [3.8, 4) is 17.0 Å². The van der Waals surface area contributed by atoms with E-state index < -0.39 is 71.1 Å². The number of benzene rings is 2. The number of fused-ring (bicyclic) bond motifs is 3. The fraction of sp³-hybridized carbons (Fsp3) is 0.355. The Balaban J connectivity index is 1.42. The number of amides is 1. The topological polar surface area (TPSA) is 186 Å². The van der Waals surface area contributed by atoms with Crippen LogP contribution in [0.5, 0.6) is 5.75 Å². The number of phenolic OH excluding ortho intramolecular Hbond substituents is 1. The molecular formula is C31H32N4O7S. The largest absolute Gasteiger partial charge is 0.507 e. The van der Waals surface area contributed by atoms with Gasteiger partial charge in [-0.1, -0.05) is 43.3 Å². The number of aliphatic hydroxyl groups is 3. The molecule has 2 aromatic carbocycles. The van der Waals surface area contributed by atoms with Crippen LogP contribution in [0.15, 0.2) is 53.4 Å². The zero-order valence-corrected chi connectivity index (χ0v) is 24.4. The monoisotopic (exact) mass is 604 g/mol. The number of aromatic nitrogens is 1. The maximum absolute atomic E-state index is 14.1. The molecule has 0 spiro atoms. The van der Waals surface area contributed by atoms with Crippen molar-refractivity contribution in [3.63, 3.8) is 0 Å². The third kappa shape index (κ3) is 4.36. The number of thiazole rings is 1. The number of carbonyl (C=O) groups is 3. The lowest BCUT2D eigenvalue weighted by molar-refractivity contribution is -0.166. The standard InChI is InChI=1S/C31H32N4O7S/c1-12-14-9-10-15(33-31-34-16(11-43-31)13-7-5-4-6-8-13)24(36)18(14)26(38)20-17(12)25(37)19-21(27(20)39)28(40)22(30(32)42)29(41)23(19)35(2)3/h4-12,17,19,21-23,25,29,36-38,41H,1-3H3,(H2,32,42)(H,33,34)/t12-,17?,19?,21?,22?,23-,25-,29?/m0/s1. The van der Waals surface area contributed by atoms with Crippen LogP contribution >= 0.6 is 11.3 Å². The number of rotatable bonds is 5. The summed E-state index contributed by atoms with van der Waals surface area (Å²) in [5, 5.41) is 51.1. The molecule has 0 saturated heterocycles. The van der Waals surface area contributed by atoms with Crippen molar-refractivity contribution in [3.05, 3.63) is 64.5 Å². The molecule has 2 fully saturated rings. The summed E-state index contributed by atoms with van der Waals surface area (Å²) in [5.74, 6) is -9.28. The van der Waals surface area contributed by atoms with E-state index in [-0.39, 0.29) is 22.6 Å². The van der Waals surface area contributed by atoms with Gasteiger partial charge >= 0.3 is 0 Å². The van der Waals surface area contributed by atoms with Crippen molar-refractivity contribution in [1.82, 2.24) is 9.88 Å². The van der Waals surface area contributed by atoms with E-state index in [1.54, 1.807) is 38.1 Å². The molecule has 224 valence electrons. The molecule has 8 atom stereocenters. The van der Waals surface area contributed by atoms with E-state index in [4.69, 9.17) is 5.73 Å². The first-order chi connectivity index (χ1) is 20.4. The number of nitrogens with one attached hydrogen (secondary N) is 1. The highest BCUT2D eigenvalue weighted by atomic mass is 32.1. The minimum atomic E-state index is -1.65. The molecule has 5 unspecified atom stereocenters. The lowest BCUT2D eigenvalue weighted by atomic mass is 9.54. The van der Waals surface area contributed by atoms with Crippen LogP contribution in [-0.2, 0) is 14.4 Å². The number of likely N-dealkylation sites (N-methyl/N-ethyl adjacent to an activating group) is 1. The molecule has 1 amide bonds. The quantitative estimate of drug-likeness (QED) is 0.187. The Bertz CT molecular complexity index is 1670. The van der Waals surface area contributed by atoms with Gasteiger partial charge in [0.15, 0.2) is 16.7 Å². The van der Waals surface area contributed by atoms with Crippen LogP contribution in [0, 0.1) is 23.7 Å². The molecule has 12 heteroatoms. The minimum Gasteiger partial charge on any atom is -0.507 e. The van der Waals surface area contributed by atoms with Gasteiger partial charge in [0.05, 0.1) is 35.1 Å². The van der Waals surface area contributed by atoms with E-state index in [1.165, 1.54) is 11.3 Å². The van der Waals surface area contributed by atoms with E-state index in [1.807, 2.05) is 35.7 Å². The van der Waals surface area contributed by atoms with E-state index in [0.717, 1.165) is 11.3 Å². The van der Waals surface area contributed by atoms with Crippen LogP contribution in [0.1, 0.15) is 24.0 Å². The molecule has 11 nitrogen and oxygen atoms in total. The lowest BCUT2D eigenvalue weighted by Crippen LogP contribution is -2.68. The van der Waals surface area contributed by atoms with Crippen molar-refractivity contribution in [1.29, 1.82) is 0 Å². The maximum atomic E-state index is 14.1. The van der Waals surface area contributed by atoms with E-state index in [0.29, 0.717) is 10.7 Å². The van der Waals surface area contributed by atoms with Gasteiger partial charge in [-0.05, 0) is 31.6 Å². The van der Waals surface area contributed by atoms with Gasteiger partial charge in [-0.25, -0.2) is 4.98 Å². The number of anilines is 2. The summed E-state index contributed by atoms with van der Waals surface area (Å²) in [6.07, 6.45) is -2.87. The highest BCUT2D eigenvalue weighted by Gasteiger charge is 2.63. The van der Waals surface area contributed by atoms with Gasteiger partial charge in [0.25, 0.3) is 0 Å². The van der Waals surface area contributed by atoms with Gasteiger partial charge < -0.3 is 36.4 Å². The summed E-state index contributed by atoms with van der Waals surface area (Å²) in [6, 6.07) is 12.0. The average Bonchev–Trinajstić information content (AvgIpc) is 3.43. The Labute approximate surface area is 251 Å². The number of hydrogen-bond acceptors (Lipinski definition) is 11.